The van der Waals surface area contributed by atoms with Crippen molar-refractivity contribution in [3.8, 4) is 0 Å². The number of hydrogen-bond donors (Lipinski definition) is 0. The molecule has 1 aromatic rings. The summed E-state index contributed by atoms with van der Waals surface area (Å²) in [5.74, 6) is 1.01. The fourth-order valence-electron chi connectivity index (χ4n) is 4.39. The van der Waals surface area contributed by atoms with E-state index in [1.165, 1.54) is 32.1 Å². The lowest BCUT2D eigenvalue weighted by molar-refractivity contribution is -0.103. The minimum absolute atomic E-state index is 0.183. The van der Waals surface area contributed by atoms with Crippen LogP contribution in [0.4, 0.5) is 0 Å². The highest BCUT2D eigenvalue weighted by Gasteiger charge is 2.34. The maximum Gasteiger partial charge on any atom is 0.168 e. The van der Waals surface area contributed by atoms with Crippen molar-refractivity contribution in [2.75, 3.05) is 26.3 Å². The zero-order valence-corrected chi connectivity index (χ0v) is 14.6. The second kappa shape index (κ2) is 7.45. The van der Waals surface area contributed by atoms with Crippen LogP contribution in [-0.4, -0.2) is 63.6 Å². The van der Waals surface area contributed by atoms with E-state index >= 15 is 0 Å². The zero-order valence-electron chi connectivity index (χ0n) is 14.6. The summed E-state index contributed by atoms with van der Waals surface area (Å²) in [6, 6.07) is 0.691. The topological polar surface area (TPSA) is 65.3 Å². The molecule has 4 rings (SSSR count). The molecule has 0 N–H and O–H groups in total. The Balaban J connectivity index is 1.45. The molecule has 7 nitrogen and oxygen atoms in total. The van der Waals surface area contributed by atoms with Gasteiger partial charge in [0.2, 0.25) is 0 Å². The Morgan fingerprint density at radius 2 is 1.83 bits per heavy atom. The Morgan fingerprint density at radius 1 is 1.00 bits per heavy atom. The van der Waals surface area contributed by atoms with Gasteiger partial charge >= 0.3 is 0 Å². The quantitative estimate of drug-likeness (QED) is 0.840. The van der Waals surface area contributed by atoms with Crippen molar-refractivity contribution in [3.63, 3.8) is 0 Å². The zero-order chi connectivity index (χ0) is 16.4. The molecular formula is C17H29N5O2. The number of ether oxygens (including phenoxy) is 2. The van der Waals surface area contributed by atoms with Gasteiger partial charge in [-0.3, -0.25) is 4.90 Å². The smallest absolute Gasteiger partial charge is 0.168 e. The summed E-state index contributed by atoms with van der Waals surface area (Å²) in [4.78, 5) is 2.46. The van der Waals surface area contributed by atoms with E-state index in [2.05, 4.69) is 32.0 Å². The van der Waals surface area contributed by atoms with Crippen molar-refractivity contribution in [2.24, 2.45) is 0 Å². The van der Waals surface area contributed by atoms with Gasteiger partial charge in [-0.2, -0.15) is 0 Å². The lowest BCUT2D eigenvalue weighted by atomic mass is 9.95. The van der Waals surface area contributed by atoms with Crippen LogP contribution in [0.3, 0.4) is 0 Å². The van der Waals surface area contributed by atoms with Gasteiger partial charge in [0.05, 0.1) is 30.9 Å². The van der Waals surface area contributed by atoms with Gasteiger partial charge in [-0.1, -0.05) is 19.3 Å². The summed E-state index contributed by atoms with van der Waals surface area (Å²) in [5.41, 5.74) is 0. The fourth-order valence-corrected chi connectivity index (χ4v) is 4.39. The molecule has 0 radical (unpaired) electrons. The molecule has 0 aromatic carbocycles. The average Bonchev–Trinajstić information content (AvgIpc) is 3.34. The molecule has 2 aliphatic heterocycles. The van der Waals surface area contributed by atoms with Gasteiger partial charge in [0, 0.05) is 19.7 Å². The Bertz CT molecular complexity index is 525. The molecule has 3 fully saturated rings. The molecule has 3 atom stereocenters. The van der Waals surface area contributed by atoms with Crippen molar-refractivity contribution in [3.05, 3.63) is 5.82 Å². The molecule has 1 saturated carbocycles. The Hall–Kier alpha value is -1.05. The van der Waals surface area contributed by atoms with Crippen LogP contribution < -0.4 is 0 Å². The maximum absolute atomic E-state index is 5.98. The van der Waals surface area contributed by atoms with E-state index in [0.29, 0.717) is 6.04 Å². The van der Waals surface area contributed by atoms with Crippen molar-refractivity contribution in [1.29, 1.82) is 0 Å². The summed E-state index contributed by atoms with van der Waals surface area (Å²) < 4.78 is 13.9. The molecule has 134 valence electrons. The molecule has 2 saturated heterocycles. The van der Waals surface area contributed by atoms with Crippen molar-refractivity contribution in [2.45, 2.75) is 76.2 Å². The number of tetrazole rings is 1. The molecule has 0 bridgehead atoms. The van der Waals surface area contributed by atoms with Crippen molar-refractivity contribution < 1.29 is 9.47 Å². The normalized spacial score (nSPS) is 31.4. The van der Waals surface area contributed by atoms with Crippen LogP contribution in [0.25, 0.3) is 0 Å². The molecule has 3 heterocycles. The lowest BCUT2D eigenvalue weighted by Crippen LogP contribution is -2.48. The third-order valence-corrected chi connectivity index (χ3v) is 5.86. The van der Waals surface area contributed by atoms with Gasteiger partial charge in [-0.15, -0.1) is 5.10 Å². The Kier molecular flexibility index (Phi) is 5.10. The second-order valence-corrected chi connectivity index (χ2v) is 7.41. The highest BCUT2D eigenvalue weighted by atomic mass is 16.5. The Morgan fingerprint density at radius 3 is 2.62 bits per heavy atom. The summed E-state index contributed by atoms with van der Waals surface area (Å²) >= 11 is 0. The third-order valence-electron chi connectivity index (χ3n) is 5.86. The molecule has 24 heavy (non-hydrogen) atoms. The van der Waals surface area contributed by atoms with E-state index in [4.69, 9.17) is 9.47 Å². The molecule has 1 aromatic heterocycles. The third kappa shape index (κ3) is 3.34. The number of aromatic nitrogens is 4. The maximum atomic E-state index is 5.98. The number of nitrogens with zero attached hydrogens (tertiary/aromatic N) is 5. The predicted molar refractivity (Wildman–Crippen MR) is 88.6 cm³/mol. The van der Waals surface area contributed by atoms with Gasteiger partial charge in [0.1, 0.15) is 0 Å². The standard InChI is InChI=1S/C17H29N5O2/c1-13(17-18-19-20-22(17)14-6-3-2-4-7-14)21-9-11-24-16(12-21)15-8-5-10-23-15/h13-16H,2-12H2,1H3/t13-,15-,16+/m1/s1. The van der Waals surface area contributed by atoms with Crippen LogP contribution in [0.15, 0.2) is 0 Å². The Labute approximate surface area is 143 Å². The van der Waals surface area contributed by atoms with Crippen molar-refractivity contribution in [1.82, 2.24) is 25.1 Å². The van der Waals surface area contributed by atoms with Crippen LogP contribution in [0.5, 0.6) is 0 Å². The number of morpholine rings is 1. The van der Waals surface area contributed by atoms with Crippen LogP contribution in [0, 0.1) is 0 Å². The van der Waals surface area contributed by atoms with E-state index in [1.54, 1.807) is 0 Å². The molecule has 7 heteroatoms. The molecule has 3 aliphatic rings. The van der Waals surface area contributed by atoms with Crippen molar-refractivity contribution >= 4 is 0 Å². The van der Waals surface area contributed by atoms with Gasteiger partial charge < -0.3 is 9.47 Å². The van der Waals surface area contributed by atoms with Crippen LogP contribution >= 0.6 is 0 Å². The van der Waals surface area contributed by atoms with Crippen LogP contribution in [0.2, 0.25) is 0 Å². The first-order valence-corrected chi connectivity index (χ1v) is 9.58. The number of hydrogen-bond acceptors (Lipinski definition) is 6. The van der Waals surface area contributed by atoms with E-state index in [1.807, 2.05) is 0 Å². The molecule has 1 aliphatic carbocycles. The van der Waals surface area contributed by atoms with Crippen LogP contribution in [0.1, 0.15) is 69.8 Å². The largest absolute Gasteiger partial charge is 0.375 e. The van der Waals surface area contributed by atoms with Gasteiger partial charge in [-0.25, -0.2) is 4.68 Å². The molecule has 0 spiro atoms. The van der Waals surface area contributed by atoms with Gasteiger partial charge in [0.25, 0.3) is 0 Å². The highest BCUT2D eigenvalue weighted by molar-refractivity contribution is 4.96. The minimum atomic E-state index is 0.183. The van der Waals surface area contributed by atoms with E-state index in [0.717, 1.165) is 45.0 Å². The van der Waals surface area contributed by atoms with Gasteiger partial charge in [0.15, 0.2) is 5.82 Å². The summed E-state index contributed by atoms with van der Waals surface area (Å²) in [7, 11) is 0. The minimum Gasteiger partial charge on any atom is -0.375 e. The first-order valence-electron chi connectivity index (χ1n) is 9.58. The van der Waals surface area contributed by atoms with E-state index < -0.39 is 0 Å². The second-order valence-electron chi connectivity index (χ2n) is 7.41. The van der Waals surface area contributed by atoms with Gasteiger partial charge in [-0.05, 0) is 43.0 Å². The van der Waals surface area contributed by atoms with E-state index in [-0.39, 0.29) is 18.2 Å². The predicted octanol–water partition coefficient (Wildman–Crippen LogP) is 2.12. The first kappa shape index (κ1) is 16.4. The molecule has 0 amide bonds. The first-order chi connectivity index (χ1) is 11.8. The summed E-state index contributed by atoms with van der Waals surface area (Å²) in [6.45, 7) is 5.70. The molecular weight excluding hydrogens is 306 g/mol. The summed E-state index contributed by atoms with van der Waals surface area (Å²) in [6.07, 6.45) is 9.03. The monoisotopic (exact) mass is 335 g/mol. The average molecular weight is 335 g/mol. The highest BCUT2D eigenvalue weighted by Crippen LogP contribution is 2.31. The lowest BCUT2D eigenvalue weighted by Gasteiger charge is -2.38. The SMILES string of the molecule is C[C@H](c1nnnn1C1CCCCC1)N1CCO[C@H]([C@H]2CCCO2)C1. The molecule has 0 unspecified atom stereocenters. The fraction of sp³-hybridized carbons (Fsp3) is 0.941. The number of rotatable bonds is 4. The summed E-state index contributed by atoms with van der Waals surface area (Å²) in [5, 5.41) is 12.7. The van der Waals surface area contributed by atoms with E-state index in [9.17, 15) is 0 Å². The van der Waals surface area contributed by atoms with Crippen LogP contribution in [-0.2, 0) is 9.47 Å².